The summed E-state index contributed by atoms with van der Waals surface area (Å²) in [5.41, 5.74) is 3.23. The molecular weight excluding hydrogens is 300 g/mol. The van der Waals surface area contributed by atoms with Gasteiger partial charge in [-0.15, -0.1) is 0 Å². The Kier molecular flexibility index (Phi) is 7.44. The fourth-order valence-electron chi connectivity index (χ4n) is 5.28. The van der Waals surface area contributed by atoms with Gasteiger partial charge in [0.1, 0.15) is 0 Å². The van der Waals surface area contributed by atoms with Crippen molar-refractivity contribution in [3.8, 4) is 0 Å². The molecule has 0 spiro atoms. The smallest absolute Gasteiger partial charge is 0.0162 e. The summed E-state index contributed by atoms with van der Waals surface area (Å²) in [6, 6.07) is 9.87. The zero-order valence-electron chi connectivity index (χ0n) is 16.8. The molecule has 2 aliphatic carbocycles. The van der Waals surface area contributed by atoms with Crippen LogP contribution >= 0.6 is 0 Å². The summed E-state index contributed by atoms with van der Waals surface area (Å²) >= 11 is 0. The molecule has 0 unspecified atom stereocenters. The Balaban J connectivity index is 1.44. The maximum Gasteiger partial charge on any atom is -0.0162 e. The average molecular weight is 341 g/mol. The summed E-state index contributed by atoms with van der Waals surface area (Å²) in [5.74, 6) is 3.65. The zero-order valence-corrected chi connectivity index (χ0v) is 16.8. The van der Waals surface area contributed by atoms with Gasteiger partial charge in [0.2, 0.25) is 0 Å². The van der Waals surface area contributed by atoms with Crippen LogP contribution < -0.4 is 0 Å². The van der Waals surface area contributed by atoms with Crippen LogP contribution in [0.2, 0.25) is 0 Å². The monoisotopic (exact) mass is 340 g/mol. The summed E-state index contributed by atoms with van der Waals surface area (Å²) in [6.07, 6.45) is 18.7. The Morgan fingerprint density at radius 1 is 0.680 bits per heavy atom. The summed E-state index contributed by atoms with van der Waals surface area (Å²) < 4.78 is 0. The molecule has 0 heterocycles. The molecule has 1 aromatic rings. The minimum absolute atomic E-state index is 0.837. The molecule has 0 saturated heterocycles. The molecule has 0 heteroatoms. The van der Waals surface area contributed by atoms with Crippen molar-refractivity contribution in [1.82, 2.24) is 0 Å². The quantitative estimate of drug-likeness (QED) is 0.438. The van der Waals surface area contributed by atoms with Crippen LogP contribution in [0.4, 0.5) is 0 Å². The normalized spacial score (nSPS) is 30.3. The van der Waals surface area contributed by atoms with Crippen molar-refractivity contribution in [2.75, 3.05) is 0 Å². The molecule has 0 aromatic heterocycles. The number of hydrogen-bond donors (Lipinski definition) is 0. The molecule has 2 saturated carbocycles. The number of benzene rings is 1. The summed E-state index contributed by atoms with van der Waals surface area (Å²) in [6.45, 7) is 4.73. The van der Waals surface area contributed by atoms with Crippen molar-refractivity contribution in [2.24, 2.45) is 11.8 Å². The van der Waals surface area contributed by atoms with Crippen LogP contribution in [0.25, 0.3) is 0 Å². The third-order valence-corrected chi connectivity index (χ3v) is 7.21. The number of hydrogen-bond acceptors (Lipinski definition) is 0. The SMILES string of the molecule is CCCCCCC1CCC(c2ccc(C3CCC(C)CC3)cc2)CC1. The Morgan fingerprint density at radius 2 is 1.20 bits per heavy atom. The highest BCUT2D eigenvalue weighted by atomic mass is 14.3. The molecule has 1 aromatic carbocycles. The van der Waals surface area contributed by atoms with E-state index in [1.165, 1.54) is 83.5 Å². The second-order valence-electron chi connectivity index (χ2n) is 9.19. The van der Waals surface area contributed by atoms with E-state index in [4.69, 9.17) is 0 Å². The molecule has 25 heavy (non-hydrogen) atoms. The minimum Gasteiger partial charge on any atom is -0.0654 e. The first-order valence-electron chi connectivity index (χ1n) is 11.4. The van der Waals surface area contributed by atoms with E-state index in [2.05, 4.69) is 38.1 Å². The lowest BCUT2D eigenvalue weighted by atomic mass is 9.76. The molecule has 2 fully saturated rings. The molecule has 0 nitrogen and oxygen atoms in total. The van der Waals surface area contributed by atoms with Gasteiger partial charge in [-0.1, -0.05) is 83.1 Å². The Hall–Kier alpha value is -0.780. The summed E-state index contributed by atoms with van der Waals surface area (Å²) in [5, 5.41) is 0. The topological polar surface area (TPSA) is 0 Å². The Morgan fingerprint density at radius 3 is 1.72 bits per heavy atom. The molecule has 0 amide bonds. The lowest BCUT2D eigenvalue weighted by molar-refractivity contribution is 0.302. The van der Waals surface area contributed by atoms with Crippen LogP contribution in [0.3, 0.4) is 0 Å². The van der Waals surface area contributed by atoms with Crippen LogP contribution in [-0.4, -0.2) is 0 Å². The molecule has 0 radical (unpaired) electrons. The van der Waals surface area contributed by atoms with Gasteiger partial charge >= 0.3 is 0 Å². The molecule has 2 aliphatic rings. The van der Waals surface area contributed by atoms with Crippen LogP contribution in [0, 0.1) is 11.8 Å². The van der Waals surface area contributed by atoms with E-state index in [1.54, 1.807) is 11.1 Å². The molecule has 0 aliphatic heterocycles. The van der Waals surface area contributed by atoms with Crippen LogP contribution in [0.1, 0.15) is 120 Å². The predicted molar refractivity (Wildman–Crippen MR) is 110 cm³/mol. The molecule has 140 valence electrons. The van der Waals surface area contributed by atoms with Gasteiger partial charge in [0.25, 0.3) is 0 Å². The van der Waals surface area contributed by atoms with Gasteiger partial charge in [-0.05, 0) is 73.3 Å². The first kappa shape index (κ1) is 19.0. The van der Waals surface area contributed by atoms with Gasteiger partial charge in [0.15, 0.2) is 0 Å². The first-order valence-corrected chi connectivity index (χ1v) is 11.4. The van der Waals surface area contributed by atoms with E-state index in [-0.39, 0.29) is 0 Å². The third kappa shape index (κ3) is 5.60. The second kappa shape index (κ2) is 9.79. The van der Waals surface area contributed by atoms with E-state index in [0.29, 0.717) is 0 Å². The highest BCUT2D eigenvalue weighted by molar-refractivity contribution is 5.28. The lowest BCUT2D eigenvalue weighted by Gasteiger charge is -2.30. The van der Waals surface area contributed by atoms with Crippen LogP contribution in [-0.2, 0) is 0 Å². The first-order chi connectivity index (χ1) is 12.3. The standard InChI is InChI=1S/C25H40/c1-3-4-5-6-7-21-10-14-23(15-11-21)25-18-16-24(17-19-25)22-12-8-20(2)9-13-22/h16-23H,3-15H2,1-2H3. The molecule has 0 N–H and O–H groups in total. The van der Waals surface area contributed by atoms with E-state index in [0.717, 1.165) is 23.7 Å². The molecule has 0 bridgehead atoms. The zero-order chi connectivity index (χ0) is 17.5. The largest absolute Gasteiger partial charge is 0.0654 e. The summed E-state index contributed by atoms with van der Waals surface area (Å²) in [7, 11) is 0. The van der Waals surface area contributed by atoms with Crippen molar-refractivity contribution in [3.05, 3.63) is 35.4 Å². The van der Waals surface area contributed by atoms with Crippen molar-refractivity contribution < 1.29 is 0 Å². The van der Waals surface area contributed by atoms with Gasteiger partial charge in [0, 0.05) is 0 Å². The van der Waals surface area contributed by atoms with Gasteiger partial charge in [-0.3, -0.25) is 0 Å². The summed E-state index contributed by atoms with van der Waals surface area (Å²) in [4.78, 5) is 0. The molecule has 3 rings (SSSR count). The Bertz CT molecular complexity index is 469. The minimum atomic E-state index is 0.837. The van der Waals surface area contributed by atoms with Crippen LogP contribution in [0.5, 0.6) is 0 Å². The van der Waals surface area contributed by atoms with Crippen LogP contribution in [0.15, 0.2) is 24.3 Å². The van der Waals surface area contributed by atoms with E-state index >= 15 is 0 Å². The van der Waals surface area contributed by atoms with E-state index in [9.17, 15) is 0 Å². The van der Waals surface area contributed by atoms with Gasteiger partial charge in [-0.25, -0.2) is 0 Å². The predicted octanol–water partition coefficient (Wildman–Crippen LogP) is 8.22. The molecule has 0 atom stereocenters. The highest BCUT2D eigenvalue weighted by Crippen LogP contribution is 2.39. The van der Waals surface area contributed by atoms with E-state index in [1.807, 2.05) is 0 Å². The molecular formula is C25H40. The van der Waals surface area contributed by atoms with Gasteiger partial charge in [0.05, 0.1) is 0 Å². The second-order valence-corrected chi connectivity index (χ2v) is 9.19. The number of rotatable bonds is 7. The van der Waals surface area contributed by atoms with Crippen molar-refractivity contribution in [3.63, 3.8) is 0 Å². The maximum absolute atomic E-state index is 2.47. The maximum atomic E-state index is 2.47. The van der Waals surface area contributed by atoms with Crippen molar-refractivity contribution in [1.29, 1.82) is 0 Å². The van der Waals surface area contributed by atoms with Crippen molar-refractivity contribution in [2.45, 2.75) is 109 Å². The fourth-order valence-corrected chi connectivity index (χ4v) is 5.28. The van der Waals surface area contributed by atoms with Crippen molar-refractivity contribution >= 4 is 0 Å². The van der Waals surface area contributed by atoms with Gasteiger partial charge < -0.3 is 0 Å². The third-order valence-electron chi connectivity index (χ3n) is 7.21. The van der Waals surface area contributed by atoms with Gasteiger partial charge in [-0.2, -0.15) is 0 Å². The average Bonchev–Trinajstić information content (AvgIpc) is 2.67. The lowest BCUT2D eigenvalue weighted by Crippen LogP contribution is -2.14. The Labute approximate surface area is 156 Å². The highest BCUT2D eigenvalue weighted by Gasteiger charge is 2.23. The fraction of sp³-hybridized carbons (Fsp3) is 0.760. The number of unbranched alkanes of at least 4 members (excludes halogenated alkanes) is 3. The van der Waals surface area contributed by atoms with E-state index < -0.39 is 0 Å².